The Kier molecular flexibility index (Phi) is 5.33. The predicted molar refractivity (Wildman–Crippen MR) is 105 cm³/mol. The zero-order chi connectivity index (χ0) is 18.7. The highest BCUT2D eigenvalue weighted by Gasteiger charge is 2.51. The zero-order valence-electron chi connectivity index (χ0n) is 15.1. The number of halogens is 1. The minimum atomic E-state index is -0.510. The number of hydrogen-bond donors (Lipinski definition) is 1. The van der Waals surface area contributed by atoms with Crippen LogP contribution in [0.25, 0.3) is 0 Å². The Labute approximate surface area is 159 Å². The van der Waals surface area contributed by atoms with Crippen LogP contribution in [0.1, 0.15) is 42.6 Å². The lowest BCUT2D eigenvalue weighted by Gasteiger charge is -2.19. The van der Waals surface area contributed by atoms with Crippen LogP contribution in [0.4, 0.5) is 5.69 Å². The Bertz CT molecular complexity index is 826. The predicted octanol–water partition coefficient (Wildman–Crippen LogP) is 4.49. The molecule has 0 aromatic heterocycles. The molecule has 0 radical (unpaired) electrons. The first kappa shape index (κ1) is 18.5. The Morgan fingerprint density at radius 1 is 1.08 bits per heavy atom. The van der Waals surface area contributed by atoms with Gasteiger partial charge in [-0.05, 0) is 62.6 Å². The third-order valence-electron chi connectivity index (χ3n) is 4.98. The molecule has 26 heavy (non-hydrogen) atoms. The lowest BCUT2D eigenvalue weighted by Crippen LogP contribution is -2.31. The van der Waals surface area contributed by atoms with Gasteiger partial charge in [-0.25, -0.2) is 0 Å². The van der Waals surface area contributed by atoms with E-state index < -0.39 is 5.41 Å². The highest BCUT2D eigenvalue weighted by molar-refractivity contribution is 6.30. The summed E-state index contributed by atoms with van der Waals surface area (Å²) in [6.07, 6.45) is 1.61. The fraction of sp³-hybridized carbons (Fsp3) is 0.333. The molecule has 2 aromatic rings. The maximum atomic E-state index is 12.9. The van der Waals surface area contributed by atoms with Gasteiger partial charge in [0.05, 0.1) is 5.41 Å². The molecule has 0 spiro atoms. The van der Waals surface area contributed by atoms with Gasteiger partial charge in [-0.2, -0.15) is 0 Å². The van der Waals surface area contributed by atoms with E-state index in [-0.39, 0.29) is 11.8 Å². The summed E-state index contributed by atoms with van der Waals surface area (Å²) >= 11 is 6.08. The molecule has 1 N–H and O–H groups in total. The smallest absolute Gasteiger partial charge is 0.253 e. The van der Waals surface area contributed by atoms with Gasteiger partial charge < -0.3 is 10.2 Å². The molecule has 1 fully saturated rings. The number of carbonyl (C=O) groups excluding carboxylic acids is 2. The van der Waals surface area contributed by atoms with Crippen molar-refractivity contribution >= 4 is 29.1 Å². The van der Waals surface area contributed by atoms with Crippen molar-refractivity contribution in [2.45, 2.75) is 32.1 Å². The van der Waals surface area contributed by atoms with Gasteiger partial charge in [-0.1, -0.05) is 29.8 Å². The van der Waals surface area contributed by atoms with Crippen molar-refractivity contribution in [2.75, 3.05) is 18.4 Å². The highest BCUT2D eigenvalue weighted by Crippen LogP contribution is 2.49. The highest BCUT2D eigenvalue weighted by atomic mass is 35.5. The largest absolute Gasteiger partial charge is 0.339 e. The first-order valence-electron chi connectivity index (χ1n) is 8.97. The normalized spacial score (nSPS) is 14.6. The summed E-state index contributed by atoms with van der Waals surface area (Å²) in [5, 5.41) is 3.61. The van der Waals surface area contributed by atoms with Gasteiger partial charge >= 0.3 is 0 Å². The molecular formula is C21H23ClN2O2. The fourth-order valence-electron chi connectivity index (χ4n) is 3.23. The number of anilines is 1. The van der Waals surface area contributed by atoms with Crippen molar-refractivity contribution in [3.8, 4) is 0 Å². The molecule has 0 unspecified atom stereocenters. The molecule has 1 aliphatic carbocycles. The monoisotopic (exact) mass is 370 g/mol. The van der Waals surface area contributed by atoms with Crippen molar-refractivity contribution in [2.24, 2.45) is 0 Å². The van der Waals surface area contributed by atoms with Gasteiger partial charge in [0, 0.05) is 29.4 Å². The van der Waals surface area contributed by atoms with Gasteiger partial charge in [0.25, 0.3) is 5.91 Å². The van der Waals surface area contributed by atoms with Crippen molar-refractivity contribution < 1.29 is 9.59 Å². The van der Waals surface area contributed by atoms with Crippen LogP contribution in [0.2, 0.25) is 5.02 Å². The van der Waals surface area contributed by atoms with Crippen LogP contribution in [0.5, 0.6) is 0 Å². The van der Waals surface area contributed by atoms with Gasteiger partial charge in [-0.15, -0.1) is 0 Å². The van der Waals surface area contributed by atoms with Crippen molar-refractivity contribution in [1.82, 2.24) is 4.90 Å². The molecular weight excluding hydrogens is 348 g/mol. The van der Waals surface area contributed by atoms with Gasteiger partial charge in [0.1, 0.15) is 0 Å². The van der Waals surface area contributed by atoms with Crippen LogP contribution in [-0.2, 0) is 10.2 Å². The number of amides is 2. The van der Waals surface area contributed by atoms with Crippen molar-refractivity contribution in [1.29, 1.82) is 0 Å². The van der Waals surface area contributed by atoms with Crippen LogP contribution in [-0.4, -0.2) is 29.8 Å². The summed E-state index contributed by atoms with van der Waals surface area (Å²) in [4.78, 5) is 27.2. The minimum absolute atomic E-state index is 0.0259. The van der Waals surface area contributed by atoms with E-state index in [0.29, 0.717) is 29.4 Å². The average Bonchev–Trinajstić information content (AvgIpc) is 3.45. The topological polar surface area (TPSA) is 49.4 Å². The van der Waals surface area contributed by atoms with E-state index in [0.717, 1.165) is 18.4 Å². The summed E-state index contributed by atoms with van der Waals surface area (Å²) < 4.78 is 0. The molecule has 5 heteroatoms. The van der Waals surface area contributed by atoms with E-state index in [2.05, 4.69) is 5.32 Å². The van der Waals surface area contributed by atoms with E-state index in [1.54, 1.807) is 29.2 Å². The first-order chi connectivity index (χ1) is 12.5. The molecule has 4 nitrogen and oxygen atoms in total. The number of nitrogens with one attached hydrogen (secondary N) is 1. The average molecular weight is 371 g/mol. The van der Waals surface area contributed by atoms with Crippen LogP contribution in [0.3, 0.4) is 0 Å². The quantitative estimate of drug-likeness (QED) is 0.814. The standard InChI is InChI=1S/C21H23ClN2O2/c1-3-24(4-2)19(25)15-7-5-10-18(13-15)23-20(26)21(11-12-21)16-8-6-9-17(22)14-16/h5-10,13-14H,3-4,11-12H2,1-2H3,(H,23,26). The van der Waals surface area contributed by atoms with Gasteiger partial charge in [0.2, 0.25) is 5.91 Å². The maximum absolute atomic E-state index is 12.9. The van der Waals surface area contributed by atoms with E-state index in [9.17, 15) is 9.59 Å². The molecule has 136 valence electrons. The number of carbonyl (C=O) groups is 2. The fourth-order valence-corrected chi connectivity index (χ4v) is 3.42. The number of nitrogens with zero attached hydrogens (tertiary/aromatic N) is 1. The molecule has 0 saturated heterocycles. The van der Waals surface area contributed by atoms with Crippen molar-refractivity contribution in [3.63, 3.8) is 0 Å². The lowest BCUT2D eigenvalue weighted by molar-refractivity contribution is -0.118. The number of hydrogen-bond acceptors (Lipinski definition) is 2. The third-order valence-corrected chi connectivity index (χ3v) is 5.21. The SMILES string of the molecule is CCN(CC)C(=O)c1cccc(NC(=O)C2(c3cccc(Cl)c3)CC2)c1. The molecule has 0 aliphatic heterocycles. The zero-order valence-corrected chi connectivity index (χ0v) is 15.8. The second-order valence-electron chi connectivity index (χ2n) is 6.60. The van der Waals surface area contributed by atoms with Gasteiger partial charge in [-0.3, -0.25) is 9.59 Å². The van der Waals surface area contributed by atoms with E-state index in [1.807, 2.05) is 38.1 Å². The number of rotatable bonds is 6. The number of benzene rings is 2. The van der Waals surface area contributed by atoms with E-state index >= 15 is 0 Å². The molecule has 0 bridgehead atoms. The minimum Gasteiger partial charge on any atom is -0.339 e. The Balaban J connectivity index is 1.78. The lowest BCUT2D eigenvalue weighted by atomic mass is 9.95. The molecule has 0 atom stereocenters. The Morgan fingerprint density at radius 3 is 2.38 bits per heavy atom. The summed E-state index contributed by atoms with van der Waals surface area (Å²) in [6.45, 7) is 5.22. The second kappa shape index (κ2) is 7.50. The summed E-state index contributed by atoms with van der Waals surface area (Å²) in [5.41, 5.74) is 1.65. The van der Waals surface area contributed by atoms with Crippen LogP contribution < -0.4 is 5.32 Å². The molecule has 0 heterocycles. The van der Waals surface area contributed by atoms with Crippen LogP contribution >= 0.6 is 11.6 Å². The van der Waals surface area contributed by atoms with Crippen LogP contribution in [0.15, 0.2) is 48.5 Å². The van der Waals surface area contributed by atoms with E-state index in [4.69, 9.17) is 11.6 Å². The Hall–Kier alpha value is -2.33. The Morgan fingerprint density at radius 2 is 1.77 bits per heavy atom. The summed E-state index contributed by atoms with van der Waals surface area (Å²) in [6, 6.07) is 14.6. The molecule has 2 aromatic carbocycles. The molecule has 2 amide bonds. The first-order valence-corrected chi connectivity index (χ1v) is 9.35. The molecule has 1 aliphatic rings. The van der Waals surface area contributed by atoms with Gasteiger partial charge in [0.15, 0.2) is 0 Å². The van der Waals surface area contributed by atoms with Crippen molar-refractivity contribution in [3.05, 3.63) is 64.7 Å². The molecule has 1 saturated carbocycles. The second-order valence-corrected chi connectivity index (χ2v) is 7.04. The summed E-state index contributed by atoms with van der Waals surface area (Å²) in [7, 11) is 0. The maximum Gasteiger partial charge on any atom is 0.253 e. The summed E-state index contributed by atoms with van der Waals surface area (Å²) in [5.74, 6) is -0.0747. The van der Waals surface area contributed by atoms with E-state index in [1.165, 1.54) is 0 Å². The molecule has 3 rings (SSSR count). The third kappa shape index (κ3) is 3.61. The van der Waals surface area contributed by atoms with Crippen LogP contribution in [0, 0.1) is 0 Å².